The summed E-state index contributed by atoms with van der Waals surface area (Å²) >= 11 is 0. The first-order chi connectivity index (χ1) is 16.2. The maximum Gasteiger partial charge on any atom is 0.225 e. The topological polar surface area (TPSA) is 82.0 Å². The fraction of sp³-hybridized carbons (Fsp3) is 0.192. The van der Waals surface area contributed by atoms with Crippen LogP contribution in [0.15, 0.2) is 71.9 Å². The van der Waals surface area contributed by atoms with Gasteiger partial charge in [-0.2, -0.15) is 0 Å². The van der Waals surface area contributed by atoms with Gasteiger partial charge >= 0.3 is 0 Å². The van der Waals surface area contributed by atoms with E-state index in [1.807, 2.05) is 36.4 Å². The van der Waals surface area contributed by atoms with Gasteiger partial charge in [0.05, 0.1) is 11.4 Å². The molecule has 3 aliphatic rings. The van der Waals surface area contributed by atoms with Crippen molar-refractivity contribution in [2.24, 2.45) is 4.99 Å². The standard InChI is InChI=1S/C26H21N3O4/c30-25-11-7-18-21(12-13-27-26(18)29-25)32-17-6-10-22-23(14-17)33-24(15-31-22)20-9-8-19(28-20)16-4-2-1-3-5-16/h1-6,8,10,12-14,24H,7,9,11,15H2,(H,27,29,30)/t24-/m0/s1. The van der Waals surface area contributed by atoms with Gasteiger partial charge in [0.25, 0.3) is 0 Å². The number of ether oxygens (including phenoxy) is 3. The lowest BCUT2D eigenvalue weighted by atomic mass is 10.1. The Hall–Kier alpha value is -4.13. The summed E-state index contributed by atoms with van der Waals surface area (Å²) in [5.41, 5.74) is 3.90. The molecule has 1 N–H and O–H groups in total. The highest BCUT2D eigenvalue weighted by Gasteiger charge is 2.28. The Bertz CT molecular complexity index is 1300. The average Bonchev–Trinajstić information content (AvgIpc) is 3.35. The quantitative estimate of drug-likeness (QED) is 0.632. The molecule has 0 aliphatic carbocycles. The molecule has 7 heteroatoms. The first-order valence-electron chi connectivity index (χ1n) is 10.9. The molecule has 1 amide bonds. The summed E-state index contributed by atoms with van der Waals surface area (Å²) in [7, 11) is 0. The molecule has 4 heterocycles. The zero-order valence-electron chi connectivity index (χ0n) is 17.8. The van der Waals surface area contributed by atoms with Crippen molar-refractivity contribution in [3.63, 3.8) is 0 Å². The summed E-state index contributed by atoms with van der Waals surface area (Å²) in [5.74, 6) is 3.12. The van der Waals surface area contributed by atoms with Gasteiger partial charge in [0.2, 0.25) is 5.91 Å². The fourth-order valence-corrected chi connectivity index (χ4v) is 4.20. The van der Waals surface area contributed by atoms with E-state index in [0.717, 1.165) is 29.0 Å². The van der Waals surface area contributed by atoms with Crippen LogP contribution in [0.1, 0.15) is 24.0 Å². The predicted octanol–water partition coefficient (Wildman–Crippen LogP) is 4.78. The molecule has 3 aromatic rings. The second-order valence-electron chi connectivity index (χ2n) is 8.08. The van der Waals surface area contributed by atoms with Crippen LogP contribution in [0, 0.1) is 0 Å². The number of amides is 1. The SMILES string of the molecule is O=C1CCc2c(Oc3ccc4c(c3)O[C@H](C3=NC(c5ccccc5)=CC3)CO4)ccnc2N1. The Balaban J connectivity index is 1.21. The molecule has 33 heavy (non-hydrogen) atoms. The van der Waals surface area contributed by atoms with E-state index in [2.05, 4.69) is 28.5 Å². The number of aromatic nitrogens is 1. The number of nitrogens with one attached hydrogen (secondary N) is 1. The predicted molar refractivity (Wildman–Crippen MR) is 124 cm³/mol. The minimum atomic E-state index is -0.255. The van der Waals surface area contributed by atoms with Gasteiger partial charge in [-0.15, -0.1) is 0 Å². The van der Waals surface area contributed by atoms with Crippen LogP contribution in [-0.4, -0.2) is 29.3 Å². The molecule has 0 fully saturated rings. The number of aliphatic imine (C=N–C) groups is 1. The maximum atomic E-state index is 11.7. The van der Waals surface area contributed by atoms with Crippen LogP contribution >= 0.6 is 0 Å². The molecule has 0 saturated carbocycles. The van der Waals surface area contributed by atoms with E-state index in [9.17, 15) is 4.79 Å². The number of anilines is 1. The van der Waals surface area contributed by atoms with Crippen molar-refractivity contribution in [2.75, 3.05) is 11.9 Å². The van der Waals surface area contributed by atoms with E-state index in [1.165, 1.54) is 0 Å². The third kappa shape index (κ3) is 3.82. The van der Waals surface area contributed by atoms with Gasteiger partial charge < -0.3 is 19.5 Å². The largest absolute Gasteiger partial charge is 0.485 e. The Morgan fingerprint density at radius 3 is 2.85 bits per heavy atom. The fourth-order valence-electron chi connectivity index (χ4n) is 4.20. The smallest absolute Gasteiger partial charge is 0.225 e. The number of allylic oxidation sites excluding steroid dienone is 1. The van der Waals surface area contributed by atoms with Gasteiger partial charge in [0, 0.05) is 30.7 Å². The lowest BCUT2D eigenvalue weighted by Gasteiger charge is -2.27. The Labute approximate surface area is 190 Å². The summed E-state index contributed by atoms with van der Waals surface area (Å²) in [6.07, 6.45) is 5.23. The summed E-state index contributed by atoms with van der Waals surface area (Å²) in [4.78, 5) is 20.7. The Kier molecular flexibility index (Phi) is 4.79. The number of pyridine rings is 1. The molecule has 164 valence electrons. The molecule has 3 aliphatic heterocycles. The summed E-state index contributed by atoms with van der Waals surface area (Å²) in [6.45, 7) is 0.416. The van der Waals surface area contributed by atoms with Crippen LogP contribution in [0.25, 0.3) is 5.70 Å². The van der Waals surface area contributed by atoms with Crippen molar-refractivity contribution in [2.45, 2.75) is 25.4 Å². The van der Waals surface area contributed by atoms with Gasteiger partial charge in [-0.25, -0.2) is 4.98 Å². The van der Waals surface area contributed by atoms with E-state index in [4.69, 9.17) is 19.2 Å². The van der Waals surface area contributed by atoms with E-state index in [0.29, 0.717) is 48.3 Å². The maximum absolute atomic E-state index is 11.7. The number of hydrogen-bond donors (Lipinski definition) is 1. The Morgan fingerprint density at radius 1 is 1.03 bits per heavy atom. The molecule has 0 saturated heterocycles. The zero-order chi connectivity index (χ0) is 22.2. The highest BCUT2D eigenvalue weighted by Crippen LogP contribution is 2.39. The minimum Gasteiger partial charge on any atom is -0.485 e. The van der Waals surface area contributed by atoms with Crippen molar-refractivity contribution in [1.82, 2.24) is 4.98 Å². The minimum absolute atomic E-state index is 0.0303. The van der Waals surface area contributed by atoms with E-state index < -0.39 is 0 Å². The number of nitrogens with zero attached hydrogens (tertiary/aromatic N) is 2. The summed E-state index contributed by atoms with van der Waals surface area (Å²) < 4.78 is 18.4. The molecule has 0 bridgehead atoms. The molecule has 0 radical (unpaired) electrons. The molecule has 6 rings (SSSR count). The first kappa shape index (κ1) is 19.5. The monoisotopic (exact) mass is 439 g/mol. The number of carbonyl (C=O) groups is 1. The second-order valence-corrected chi connectivity index (χ2v) is 8.08. The molecule has 7 nitrogen and oxygen atoms in total. The van der Waals surface area contributed by atoms with Crippen molar-refractivity contribution in [3.8, 4) is 23.0 Å². The highest BCUT2D eigenvalue weighted by atomic mass is 16.6. The number of hydrogen-bond acceptors (Lipinski definition) is 6. The number of rotatable bonds is 4. The molecular weight excluding hydrogens is 418 g/mol. The Morgan fingerprint density at radius 2 is 1.94 bits per heavy atom. The van der Waals surface area contributed by atoms with Gasteiger partial charge in [0.1, 0.15) is 23.9 Å². The zero-order valence-corrected chi connectivity index (χ0v) is 17.8. The van der Waals surface area contributed by atoms with Crippen LogP contribution in [-0.2, 0) is 11.2 Å². The van der Waals surface area contributed by atoms with Crippen molar-refractivity contribution < 1.29 is 19.0 Å². The van der Waals surface area contributed by atoms with Crippen LogP contribution < -0.4 is 19.5 Å². The molecule has 0 unspecified atom stereocenters. The van der Waals surface area contributed by atoms with Gasteiger partial charge in [0.15, 0.2) is 17.6 Å². The van der Waals surface area contributed by atoms with E-state index in [-0.39, 0.29) is 12.0 Å². The summed E-state index contributed by atoms with van der Waals surface area (Å²) in [5, 5.41) is 2.80. The average molecular weight is 439 g/mol. The van der Waals surface area contributed by atoms with Crippen LogP contribution in [0.2, 0.25) is 0 Å². The van der Waals surface area contributed by atoms with Crippen LogP contribution in [0.5, 0.6) is 23.0 Å². The van der Waals surface area contributed by atoms with E-state index in [1.54, 1.807) is 12.3 Å². The molecule has 2 aromatic carbocycles. The third-order valence-corrected chi connectivity index (χ3v) is 5.88. The van der Waals surface area contributed by atoms with Crippen molar-refractivity contribution >= 4 is 23.1 Å². The number of benzene rings is 2. The first-order valence-corrected chi connectivity index (χ1v) is 10.9. The number of fused-ring (bicyclic) bond motifs is 2. The van der Waals surface area contributed by atoms with Crippen LogP contribution in [0.3, 0.4) is 0 Å². The molecule has 0 spiro atoms. The van der Waals surface area contributed by atoms with Gasteiger partial charge in [-0.3, -0.25) is 9.79 Å². The normalized spacial score (nSPS) is 18.7. The van der Waals surface area contributed by atoms with E-state index >= 15 is 0 Å². The second kappa shape index (κ2) is 8.09. The van der Waals surface area contributed by atoms with Crippen molar-refractivity contribution in [3.05, 3.63) is 78.0 Å². The lowest BCUT2D eigenvalue weighted by molar-refractivity contribution is -0.116. The van der Waals surface area contributed by atoms with Gasteiger partial charge in [-0.05, 0) is 30.2 Å². The lowest BCUT2D eigenvalue weighted by Crippen LogP contribution is -2.35. The highest BCUT2D eigenvalue weighted by molar-refractivity contribution is 5.99. The summed E-state index contributed by atoms with van der Waals surface area (Å²) in [6, 6.07) is 17.5. The molecule has 1 atom stereocenters. The molecule has 1 aromatic heterocycles. The molecular formula is C26H21N3O4. The third-order valence-electron chi connectivity index (χ3n) is 5.88. The van der Waals surface area contributed by atoms with Crippen LogP contribution in [0.4, 0.5) is 5.82 Å². The number of carbonyl (C=O) groups excluding carboxylic acids is 1. The van der Waals surface area contributed by atoms with Crippen molar-refractivity contribution in [1.29, 1.82) is 0 Å². The van der Waals surface area contributed by atoms with Gasteiger partial charge in [-0.1, -0.05) is 36.4 Å².